The fraction of sp³-hybridized carbons (Fsp3) is 0. The third-order valence-electron chi connectivity index (χ3n) is 2.20. The molecule has 3 aromatic heterocycles. The third-order valence-corrected chi connectivity index (χ3v) is 3.15. The highest BCUT2D eigenvalue weighted by Gasteiger charge is 2.08. The van der Waals surface area contributed by atoms with E-state index in [9.17, 15) is 0 Å². The summed E-state index contributed by atoms with van der Waals surface area (Å²) in [5.74, 6) is 0. The van der Waals surface area contributed by atoms with Crippen LogP contribution in [0, 0.1) is 0 Å². The zero-order valence-electron chi connectivity index (χ0n) is 7.59. The molecule has 5 heteroatoms. The van der Waals surface area contributed by atoms with Gasteiger partial charge >= 0.3 is 0 Å². The van der Waals surface area contributed by atoms with E-state index in [-0.39, 0.29) is 0 Å². The minimum absolute atomic E-state index is 0.430. The zero-order valence-corrected chi connectivity index (χ0v) is 9.16. The molecule has 15 heavy (non-hydrogen) atoms. The van der Waals surface area contributed by atoms with Crippen LogP contribution in [-0.2, 0) is 0 Å². The lowest BCUT2D eigenvalue weighted by atomic mass is 10.3. The number of hydrogen-bond acceptors (Lipinski definition) is 3. The van der Waals surface area contributed by atoms with Gasteiger partial charge in [0.2, 0.25) is 0 Å². The van der Waals surface area contributed by atoms with Crippen LogP contribution in [0.4, 0.5) is 0 Å². The highest BCUT2D eigenvalue weighted by Crippen LogP contribution is 2.24. The first-order valence-electron chi connectivity index (χ1n) is 4.36. The summed E-state index contributed by atoms with van der Waals surface area (Å²) in [5, 5.41) is 4.55. The summed E-state index contributed by atoms with van der Waals surface area (Å²) in [7, 11) is 0. The number of thiophene rings is 1. The molecule has 0 aromatic carbocycles. The van der Waals surface area contributed by atoms with E-state index in [4.69, 9.17) is 11.6 Å². The lowest BCUT2D eigenvalue weighted by molar-refractivity contribution is 1.13. The Bertz CT molecular complexity index is 600. The molecule has 0 saturated heterocycles. The molecule has 0 amide bonds. The molecule has 0 N–H and O–H groups in total. The quantitative estimate of drug-likeness (QED) is 0.649. The van der Waals surface area contributed by atoms with Gasteiger partial charge < -0.3 is 0 Å². The van der Waals surface area contributed by atoms with Crippen molar-refractivity contribution >= 4 is 28.6 Å². The van der Waals surface area contributed by atoms with E-state index in [0.717, 1.165) is 11.3 Å². The van der Waals surface area contributed by atoms with E-state index in [2.05, 4.69) is 21.4 Å². The maximum absolute atomic E-state index is 5.94. The second kappa shape index (κ2) is 3.32. The van der Waals surface area contributed by atoms with Crippen molar-refractivity contribution in [1.82, 2.24) is 14.4 Å². The van der Waals surface area contributed by atoms with E-state index in [1.54, 1.807) is 17.5 Å². The van der Waals surface area contributed by atoms with E-state index in [1.807, 2.05) is 22.2 Å². The average Bonchev–Trinajstić information content (AvgIpc) is 2.85. The smallest absolute Gasteiger partial charge is 0.175 e. The largest absolute Gasteiger partial charge is 0.296 e. The van der Waals surface area contributed by atoms with Crippen molar-refractivity contribution in [2.45, 2.75) is 0 Å². The summed E-state index contributed by atoms with van der Waals surface area (Å²) < 4.78 is 1.94. The molecule has 0 radical (unpaired) electrons. The minimum atomic E-state index is 0.430. The van der Waals surface area contributed by atoms with E-state index in [1.165, 1.54) is 0 Å². The normalized spacial score (nSPS) is 11.0. The van der Waals surface area contributed by atoms with Crippen molar-refractivity contribution in [3.8, 4) is 11.3 Å². The summed E-state index contributed by atoms with van der Waals surface area (Å²) in [6.45, 7) is 0. The summed E-state index contributed by atoms with van der Waals surface area (Å²) in [4.78, 5) is 8.23. The van der Waals surface area contributed by atoms with Crippen LogP contribution in [-0.4, -0.2) is 14.4 Å². The molecule has 0 aliphatic carbocycles. The fourth-order valence-electron chi connectivity index (χ4n) is 1.51. The Morgan fingerprint density at radius 3 is 3.07 bits per heavy atom. The topological polar surface area (TPSA) is 30.2 Å². The summed E-state index contributed by atoms with van der Waals surface area (Å²) in [6, 6.07) is 2.06. The van der Waals surface area contributed by atoms with Gasteiger partial charge in [-0.05, 0) is 11.4 Å². The Morgan fingerprint density at radius 1 is 1.33 bits per heavy atom. The average molecular weight is 236 g/mol. The van der Waals surface area contributed by atoms with Crippen molar-refractivity contribution in [2.75, 3.05) is 0 Å². The summed E-state index contributed by atoms with van der Waals surface area (Å²) in [5.41, 5.74) is 2.88. The zero-order chi connectivity index (χ0) is 10.3. The van der Waals surface area contributed by atoms with Crippen LogP contribution in [0.2, 0.25) is 5.15 Å². The third kappa shape index (κ3) is 1.33. The standard InChI is InChI=1S/C10H6ClN3S/c11-9-10-13-5-8(7-1-4-15-6-7)14(10)3-2-12-9/h1-6H. The van der Waals surface area contributed by atoms with Crippen LogP contribution in [0.1, 0.15) is 0 Å². The Hall–Kier alpha value is -1.39. The molecule has 0 aliphatic rings. The van der Waals surface area contributed by atoms with Gasteiger partial charge in [-0.25, -0.2) is 9.97 Å². The molecule has 3 rings (SSSR count). The minimum Gasteiger partial charge on any atom is -0.296 e. The number of imidazole rings is 1. The maximum Gasteiger partial charge on any atom is 0.175 e. The highest BCUT2D eigenvalue weighted by molar-refractivity contribution is 7.08. The first-order valence-corrected chi connectivity index (χ1v) is 5.68. The molecule has 0 aliphatic heterocycles. The summed E-state index contributed by atoms with van der Waals surface area (Å²) in [6.07, 6.45) is 5.35. The van der Waals surface area contributed by atoms with Crippen LogP contribution in [0.25, 0.3) is 16.9 Å². The Morgan fingerprint density at radius 2 is 2.27 bits per heavy atom. The molecule has 0 fully saturated rings. The number of fused-ring (bicyclic) bond motifs is 1. The second-order valence-corrected chi connectivity index (χ2v) is 4.21. The number of aromatic nitrogens is 3. The molecule has 3 nitrogen and oxygen atoms in total. The Kier molecular flexibility index (Phi) is 1.97. The predicted molar refractivity (Wildman–Crippen MR) is 61.3 cm³/mol. The first kappa shape index (κ1) is 8.88. The van der Waals surface area contributed by atoms with Gasteiger partial charge in [-0.1, -0.05) is 11.6 Å². The Balaban J connectivity index is 2.34. The first-order chi connectivity index (χ1) is 7.36. The number of halogens is 1. The van der Waals surface area contributed by atoms with Gasteiger partial charge in [-0.3, -0.25) is 4.40 Å². The lowest BCUT2D eigenvalue weighted by Crippen LogP contribution is -1.89. The van der Waals surface area contributed by atoms with E-state index < -0.39 is 0 Å². The van der Waals surface area contributed by atoms with Gasteiger partial charge in [0.1, 0.15) is 0 Å². The van der Waals surface area contributed by atoms with Gasteiger partial charge in [0.25, 0.3) is 0 Å². The molecule has 3 heterocycles. The van der Waals surface area contributed by atoms with Gasteiger partial charge in [0.05, 0.1) is 11.9 Å². The van der Waals surface area contributed by atoms with Crippen molar-refractivity contribution in [3.63, 3.8) is 0 Å². The molecule has 0 unspecified atom stereocenters. The molecule has 3 aromatic rings. The predicted octanol–water partition coefficient (Wildman–Crippen LogP) is 3.11. The monoisotopic (exact) mass is 235 g/mol. The SMILES string of the molecule is Clc1nccn2c(-c3ccsc3)cnc12. The van der Waals surface area contributed by atoms with Crippen molar-refractivity contribution in [3.05, 3.63) is 40.6 Å². The van der Waals surface area contributed by atoms with Gasteiger partial charge in [-0.2, -0.15) is 11.3 Å². The summed E-state index contributed by atoms with van der Waals surface area (Å²) >= 11 is 7.60. The van der Waals surface area contributed by atoms with Crippen LogP contribution >= 0.6 is 22.9 Å². The fourth-order valence-corrected chi connectivity index (χ4v) is 2.36. The number of hydrogen-bond donors (Lipinski definition) is 0. The number of nitrogens with zero attached hydrogens (tertiary/aromatic N) is 3. The molecular formula is C10H6ClN3S. The molecule has 0 spiro atoms. The Labute approximate surface area is 95.0 Å². The molecule has 74 valence electrons. The van der Waals surface area contributed by atoms with Crippen LogP contribution in [0.3, 0.4) is 0 Å². The van der Waals surface area contributed by atoms with Crippen LogP contribution < -0.4 is 0 Å². The van der Waals surface area contributed by atoms with E-state index >= 15 is 0 Å². The van der Waals surface area contributed by atoms with Crippen LogP contribution in [0.15, 0.2) is 35.4 Å². The maximum atomic E-state index is 5.94. The van der Waals surface area contributed by atoms with Crippen LogP contribution in [0.5, 0.6) is 0 Å². The molecular weight excluding hydrogens is 230 g/mol. The highest BCUT2D eigenvalue weighted by atomic mass is 35.5. The van der Waals surface area contributed by atoms with E-state index in [0.29, 0.717) is 10.8 Å². The van der Waals surface area contributed by atoms with Crippen molar-refractivity contribution in [1.29, 1.82) is 0 Å². The number of rotatable bonds is 1. The molecule has 0 atom stereocenters. The van der Waals surface area contributed by atoms with Gasteiger partial charge in [-0.15, -0.1) is 0 Å². The van der Waals surface area contributed by atoms with Gasteiger partial charge in [0.15, 0.2) is 10.8 Å². The lowest BCUT2D eigenvalue weighted by Gasteiger charge is -1.98. The van der Waals surface area contributed by atoms with Crippen molar-refractivity contribution < 1.29 is 0 Å². The second-order valence-electron chi connectivity index (χ2n) is 3.07. The van der Waals surface area contributed by atoms with Crippen molar-refractivity contribution in [2.24, 2.45) is 0 Å². The molecule has 0 saturated carbocycles. The molecule has 0 bridgehead atoms. The van der Waals surface area contributed by atoms with Gasteiger partial charge in [0, 0.05) is 23.3 Å².